The molecule has 0 radical (unpaired) electrons. The molecule has 1 aromatic rings. The van der Waals surface area contributed by atoms with Crippen LogP contribution in [0.2, 0.25) is 5.02 Å². The molecule has 0 saturated carbocycles. The molecule has 0 saturated heterocycles. The molecule has 1 aromatic carbocycles. The normalized spacial score (nSPS) is 9.53. The Hall–Kier alpha value is -1.55. The molecule has 5 heteroatoms. The van der Waals surface area contributed by atoms with Gasteiger partial charge >= 0.3 is 5.97 Å². The van der Waals surface area contributed by atoms with Crippen molar-refractivity contribution in [1.82, 2.24) is 0 Å². The minimum absolute atomic E-state index is 0.0376. The highest BCUT2D eigenvalue weighted by Gasteiger charge is 2.17. The van der Waals surface area contributed by atoms with Crippen molar-refractivity contribution in [3.05, 3.63) is 41.3 Å². The van der Waals surface area contributed by atoms with Crippen LogP contribution in [0.1, 0.15) is 10.4 Å². The Morgan fingerprint density at radius 1 is 1.67 bits per heavy atom. The Morgan fingerprint density at radius 3 is 2.87 bits per heavy atom. The van der Waals surface area contributed by atoms with Gasteiger partial charge in [0.15, 0.2) is 5.82 Å². The summed E-state index contributed by atoms with van der Waals surface area (Å²) in [5.41, 5.74) is 0.0312. The maximum absolute atomic E-state index is 13.5. The summed E-state index contributed by atoms with van der Waals surface area (Å²) in [7, 11) is 1.21. The second-order valence-corrected chi connectivity index (χ2v) is 3.03. The highest BCUT2D eigenvalue weighted by atomic mass is 35.5. The lowest BCUT2D eigenvalue weighted by atomic mass is 10.1. The molecule has 15 heavy (non-hydrogen) atoms. The molecule has 0 unspecified atom stereocenters. The van der Waals surface area contributed by atoms with Crippen LogP contribution in [0.3, 0.4) is 0 Å². The summed E-state index contributed by atoms with van der Waals surface area (Å²) < 4.78 is 18.0. The summed E-state index contributed by atoms with van der Waals surface area (Å²) in [5, 5.41) is 2.43. The third-order valence-electron chi connectivity index (χ3n) is 1.75. The molecule has 0 amide bonds. The standard InChI is InChI=1S/C10H9ClFNO2/c1-3-13-9-6(10(14)15-2)4-5-7(11)8(9)12/h3-5,13H,1H2,2H3. The maximum Gasteiger partial charge on any atom is 0.340 e. The first-order chi connectivity index (χ1) is 7.11. The number of anilines is 1. The van der Waals surface area contributed by atoms with Crippen LogP contribution in [0.15, 0.2) is 24.9 Å². The molecule has 80 valence electrons. The van der Waals surface area contributed by atoms with Crippen molar-refractivity contribution >= 4 is 23.3 Å². The fraction of sp³-hybridized carbons (Fsp3) is 0.100. The molecule has 1 N–H and O–H groups in total. The number of halogens is 2. The molecule has 0 bridgehead atoms. The Kier molecular flexibility index (Phi) is 3.68. The lowest BCUT2D eigenvalue weighted by Gasteiger charge is -2.09. The van der Waals surface area contributed by atoms with Gasteiger partial charge in [-0.2, -0.15) is 0 Å². The SMILES string of the molecule is C=CNc1c(C(=O)OC)ccc(Cl)c1F. The quantitative estimate of drug-likeness (QED) is 0.810. The zero-order valence-corrected chi connectivity index (χ0v) is 8.77. The summed E-state index contributed by atoms with van der Waals surface area (Å²) in [6.45, 7) is 3.38. The Bertz CT molecular complexity index is 407. The molecule has 0 atom stereocenters. The monoisotopic (exact) mass is 229 g/mol. The van der Waals surface area contributed by atoms with E-state index in [1.807, 2.05) is 0 Å². The minimum atomic E-state index is -0.709. The van der Waals surface area contributed by atoms with Crippen molar-refractivity contribution in [3.8, 4) is 0 Å². The molecule has 0 aliphatic heterocycles. The number of esters is 1. The van der Waals surface area contributed by atoms with E-state index in [0.29, 0.717) is 0 Å². The van der Waals surface area contributed by atoms with E-state index >= 15 is 0 Å². The summed E-state index contributed by atoms with van der Waals surface area (Å²) in [6, 6.07) is 2.67. The van der Waals surface area contributed by atoms with E-state index in [2.05, 4.69) is 16.6 Å². The highest BCUT2D eigenvalue weighted by molar-refractivity contribution is 6.31. The van der Waals surface area contributed by atoms with Crippen molar-refractivity contribution < 1.29 is 13.9 Å². The van der Waals surface area contributed by atoms with Crippen LogP contribution >= 0.6 is 11.6 Å². The number of ether oxygens (including phenoxy) is 1. The molecule has 0 fully saturated rings. The van der Waals surface area contributed by atoms with Crippen LogP contribution in [-0.2, 0) is 4.74 Å². The first-order valence-corrected chi connectivity index (χ1v) is 4.43. The second kappa shape index (κ2) is 4.79. The number of rotatable bonds is 3. The first-order valence-electron chi connectivity index (χ1n) is 4.05. The summed E-state index contributed by atoms with van der Waals surface area (Å²) in [5.74, 6) is -1.35. The summed E-state index contributed by atoms with van der Waals surface area (Å²) >= 11 is 5.57. The van der Waals surface area contributed by atoms with Gasteiger partial charge in [0.1, 0.15) is 0 Å². The van der Waals surface area contributed by atoms with Crippen molar-refractivity contribution in [3.63, 3.8) is 0 Å². The van der Waals surface area contributed by atoms with Crippen molar-refractivity contribution in [2.75, 3.05) is 12.4 Å². The molecular formula is C10H9ClFNO2. The van der Waals surface area contributed by atoms with Crippen LogP contribution in [0.25, 0.3) is 0 Å². The molecule has 1 rings (SSSR count). The second-order valence-electron chi connectivity index (χ2n) is 2.62. The predicted octanol–water partition coefficient (Wildman–Crippen LogP) is 2.82. The summed E-state index contributed by atoms with van der Waals surface area (Å²) in [6.07, 6.45) is 1.25. The van der Waals surface area contributed by atoms with Crippen molar-refractivity contribution in [2.24, 2.45) is 0 Å². The minimum Gasteiger partial charge on any atom is -0.465 e. The van der Waals surface area contributed by atoms with E-state index in [1.165, 1.54) is 25.4 Å². The number of carbonyl (C=O) groups excluding carboxylic acids is 1. The van der Waals surface area contributed by atoms with E-state index in [4.69, 9.17) is 11.6 Å². The van der Waals surface area contributed by atoms with Crippen molar-refractivity contribution in [1.29, 1.82) is 0 Å². The van der Waals surface area contributed by atoms with Gasteiger partial charge < -0.3 is 10.1 Å². The number of carbonyl (C=O) groups is 1. The van der Waals surface area contributed by atoms with Gasteiger partial charge in [-0.05, 0) is 18.3 Å². The molecule has 0 spiro atoms. The molecule has 0 heterocycles. The van der Waals surface area contributed by atoms with Gasteiger partial charge in [0.2, 0.25) is 0 Å². The van der Waals surface area contributed by atoms with Gasteiger partial charge in [-0.3, -0.25) is 0 Å². The average Bonchev–Trinajstić information content (AvgIpc) is 2.24. The van der Waals surface area contributed by atoms with E-state index < -0.39 is 11.8 Å². The summed E-state index contributed by atoms with van der Waals surface area (Å²) in [4.78, 5) is 11.3. The molecular weight excluding hydrogens is 221 g/mol. The number of benzene rings is 1. The van der Waals surface area contributed by atoms with E-state index in [9.17, 15) is 9.18 Å². The topological polar surface area (TPSA) is 38.3 Å². The average molecular weight is 230 g/mol. The van der Waals surface area contributed by atoms with Crippen LogP contribution in [0, 0.1) is 5.82 Å². The number of hydrogen-bond donors (Lipinski definition) is 1. The smallest absolute Gasteiger partial charge is 0.340 e. The van der Waals surface area contributed by atoms with E-state index in [0.717, 1.165) is 0 Å². The van der Waals surface area contributed by atoms with Crippen LogP contribution < -0.4 is 5.32 Å². The zero-order valence-electron chi connectivity index (χ0n) is 8.01. The van der Waals surface area contributed by atoms with Gasteiger partial charge in [0.05, 0.1) is 23.4 Å². The van der Waals surface area contributed by atoms with Gasteiger partial charge in [-0.15, -0.1) is 0 Å². The predicted molar refractivity (Wildman–Crippen MR) is 56.6 cm³/mol. The Labute approximate surface area is 91.5 Å². The highest BCUT2D eigenvalue weighted by Crippen LogP contribution is 2.27. The van der Waals surface area contributed by atoms with Crippen molar-refractivity contribution in [2.45, 2.75) is 0 Å². The van der Waals surface area contributed by atoms with Gasteiger partial charge in [-0.25, -0.2) is 9.18 Å². The van der Waals surface area contributed by atoms with Crippen LogP contribution in [0.4, 0.5) is 10.1 Å². The van der Waals surface area contributed by atoms with E-state index in [1.54, 1.807) is 0 Å². The Morgan fingerprint density at radius 2 is 2.33 bits per heavy atom. The first kappa shape index (κ1) is 11.5. The number of hydrogen-bond acceptors (Lipinski definition) is 3. The Balaban J connectivity index is 3.32. The third kappa shape index (κ3) is 2.27. The lowest BCUT2D eigenvalue weighted by molar-refractivity contribution is 0.0601. The molecule has 0 aliphatic carbocycles. The number of nitrogens with one attached hydrogen (secondary N) is 1. The number of methoxy groups -OCH3 is 1. The largest absolute Gasteiger partial charge is 0.465 e. The van der Waals surface area contributed by atoms with Gasteiger partial charge in [0.25, 0.3) is 0 Å². The third-order valence-corrected chi connectivity index (χ3v) is 2.04. The maximum atomic E-state index is 13.5. The molecule has 0 aliphatic rings. The van der Waals surface area contributed by atoms with Gasteiger partial charge in [0, 0.05) is 0 Å². The lowest BCUT2D eigenvalue weighted by Crippen LogP contribution is -2.07. The fourth-order valence-electron chi connectivity index (χ4n) is 1.07. The van der Waals surface area contributed by atoms with E-state index in [-0.39, 0.29) is 16.3 Å². The molecule has 3 nitrogen and oxygen atoms in total. The molecule has 0 aromatic heterocycles. The zero-order chi connectivity index (χ0) is 11.4. The fourth-order valence-corrected chi connectivity index (χ4v) is 1.23. The van der Waals surface area contributed by atoms with Crippen LogP contribution in [-0.4, -0.2) is 13.1 Å². The van der Waals surface area contributed by atoms with Gasteiger partial charge in [-0.1, -0.05) is 18.2 Å². The van der Waals surface area contributed by atoms with Crippen LogP contribution in [0.5, 0.6) is 0 Å².